The van der Waals surface area contributed by atoms with Gasteiger partial charge in [0.15, 0.2) is 5.78 Å². The molecule has 0 spiro atoms. The van der Waals surface area contributed by atoms with Crippen molar-refractivity contribution in [2.75, 3.05) is 0 Å². The molecule has 1 aromatic carbocycles. The Balaban J connectivity index is 3.08. The fourth-order valence-electron chi connectivity index (χ4n) is 1.25. The Morgan fingerprint density at radius 2 is 2.13 bits per heavy atom. The third-order valence-electron chi connectivity index (χ3n) is 2.02. The number of aromatic carboxylic acids is 1. The molecule has 0 aromatic heterocycles. The van der Waals surface area contributed by atoms with Crippen LogP contribution in [-0.4, -0.2) is 16.9 Å². The Hall–Kier alpha value is -2.15. The Morgan fingerprint density at radius 3 is 2.60 bits per heavy atom. The second-order valence-corrected chi connectivity index (χ2v) is 3.09. The van der Waals surface area contributed by atoms with E-state index in [9.17, 15) is 9.59 Å². The fraction of sp³-hybridized carbons (Fsp3) is 0.182. The molecule has 1 aromatic rings. The summed E-state index contributed by atoms with van der Waals surface area (Å²) in [7, 11) is 0. The molecule has 4 nitrogen and oxygen atoms in total. The summed E-state index contributed by atoms with van der Waals surface area (Å²) in [5, 5.41) is 17.1. The van der Waals surface area contributed by atoms with E-state index in [4.69, 9.17) is 10.4 Å². The maximum absolute atomic E-state index is 11.3. The predicted octanol–water partition coefficient (Wildman–Crippen LogP) is 1.79. The Morgan fingerprint density at radius 1 is 1.47 bits per heavy atom. The van der Waals surface area contributed by atoms with Gasteiger partial charge in [-0.15, -0.1) is 0 Å². The summed E-state index contributed by atoms with van der Waals surface area (Å²) in [5.74, 6) is -1.32. The maximum Gasteiger partial charge on any atom is 0.335 e. The standard InChI is InChI=1S/C11H9NO3/c1-7-6-8(10(13)4-5-12)2-3-9(7)11(14)15/h2-3,6H,4H2,1H3,(H,14,15). The number of rotatable bonds is 3. The molecule has 1 rings (SSSR count). The van der Waals surface area contributed by atoms with E-state index in [1.807, 2.05) is 0 Å². The summed E-state index contributed by atoms with van der Waals surface area (Å²) in [4.78, 5) is 22.0. The van der Waals surface area contributed by atoms with Gasteiger partial charge in [-0.05, 0) is 24.6 Å². The van der Waals surface area contributed by atoms with Crippen LogP contribution in [0, 0.1) is 18.3 Å². The van der Waals surface area contributed by atoms with E-state index in [2.05, 4.69) is 0 Å². The lowest BCUT2D eigenvalue weighted by molar-refractivity contribution is 0.0695. The van der Waals surface area contributed by atoms with E-state index in [0.717, 1.165) is 0 Å². The van der Waals surface area contributed by atoms with Crippen molar-refractivity contribution in [3.05, 3.63) is 34.9 Å². The number of Topliss-reactive ketones (excluding diaryl/α,β-unsaturated/α-hetero) is 1. The van der Waals surface area contributed by atoms with Crippen molar-refractivity contribution in [3.63, 3.8) is 0 Å². The second-order valence-electron chi connectivity index (χ2n) is 3.09. The monoisotopic (exact) mass is 203 g/mol. The largest absolute Gasteiger partial charge is 0.478 e. The van der Waals surface area contributed by atoms with Gasteiger partial charge >= 0.3 is 5.97 Å². The second kappa shape index (κ2) is 4.38. The quantitative estimate of drug-likeness (QED) is 0.759. The van der Waals surface area contributed by atoms with Crippen LogP contribution in [0.15, 0.2) is 18.2 Å². The lowest BCUT2D eigenvalue weighted by Gasteiger charge is -2.02. The summed E-state index contributed by atoms with van der Waals surface area (Å²) in [6.45, 7) is 1.62. The molecule has 0 bridgehead atoms. The topological polar surface area (TPSA) is 78.2 Å². The maximum atomic E-state index is 11.3. The molecule has 0 aliphatic rings. The number of ketones is 1. The van der Waals surface area contributed by atoms with Gasteiger partial charge in [0, 0.05) is 5.56 Å². The number of hydrogen-bond donors (Lipinski definition) is 1. The number of carbonyl (C=O) groups excluding carboxylic acids is 1. The van der Waals surface area contributed by atoms with Gasteiger partial charge in [-0.2, -0.15) is 5.26 Å². The summed E-state index contributed by atoms with van der Waals surface area (Å²) < 4.78 is 0. The van der Waals surface area contributed by atoms with Crippen LogP contribution in [0.25, 0.3) is 0 Å². The molecule has 15 heavy (non-hydrogen) atoms. The molecular weight excluding hydrogens is 194 g/mol. The average Bonchev–Trinajstić information content (AvgIpc) is 2.17. The van der Waals surface area contributed by atoms with Crippen LogP contribution in [-0.2, 0) is 0 Å². The molecule has 0 atom stereocenters. The van der Waals surface area contributed by atoms with Gasteiger partial charge in [-0.25, -0.2) is 4.79 Å². The Kier molecular flexibility index (Phi) is 3.19. The van der Waals surface area contributed by atoms with Crippen LogP contribution in [0.2, 0.25) is 0 Å². The molecule has 0 unspecified atom stereocenters. The molecule has 0 saturated carbocycles. The van der Waals surface area contributed by atoms with Gasteiger partial charge in [0.05, 0.1) is 18.1 Å². The number of nitrogens with zero attached hydrogens (tertiary/aromatic N) is 1. The van der Waals surface area contributed by atoms with E-state index in [1.165, 1.54) is 18.2 Å². The van der Waals surface area contributed by atoms with Gasteiger partial charge in [-0.1, -0.05) is 6.07 Å². The van der Waals surface area contributed by atoms with Crippen LogP contribution < -0.4 is 0 Å². The van der Waals surface area contributed by atoms with Gasteiger partial charge in [0.2, 0.25) is 0 Å². The number of carbonyl (C=O) groups is 2. The Bertz CT molecular complexity index is 457. The first-order valence-corrected chi connectivity index (χ1v) is 4.30. The fourth-order valence-corrected chi connectivity index (χ4v) is 1.25. The molecule has 0 fully saturated rings. The number of benzene rings is 1. The number of carboxylic acid groups (broad SMARTS) is 1. The third kappa shape index (κ3) is 2.41. The van der Waals surface area contributed by atoms with E-state index in [1.54, 1.807) is 13.0 Å². The third-order valence-corrected chi connectivity index (χ3v) is 2.02. The zero-order valence-corrected chi connectivity index (χ0v) is 8.15. The van der Waals surface area contributed by atoms with Crippen molar-refractivity contribution in [2.24, 2.45) is 0 Å². The molecule has 4 heteroatoms. The highest BCUT2D eigenvalue weighted by molar-refractivity contribution is 5.99. The van der Waals surface area contributed by atoms with Crippen molar-refractivity contribution in [1.82, 2.24) is 0 Å². The molecule has 0 saturated heterocycles. The first-order valence-electron chi connectivity index (χ1n) is 4.30. The first-order chi connectivity index (χ1) is 7.06. The SMILES string of the molecule is Cc1cc(C(=O)CC#N)ccc1C(=O)O. The minimum absolute atomic E-state index is 0.170. The van der Waals surface area contributed by atoms with E-state index < -0.39 is 5.97 Å². The van der Waals surface area contributed by atoms with Crippen molar-refractivity contribution in [2.45, 2.75) is 13.3 Å². The van der Waals surface area contributed by atoms with E-state index in [0.29, 0.717) is 11.1 Å². The molecule has 0 aliphatic carbocycles. The predicted molar refractivity (Wildman–Crippen MR) is 52.7 cm³/mol. The smallest absolute Gasteiger partial charge is 0.335 e. The van der Waals surface area contributed by atoms with Gasteiger partial charge < -0.3 is 5.11 Å². The van der Waals surface area contributed by atoms with E-state index >= 15 is 0 Å². The number of nitriles is 1. The summed E-state index contributed by atoms with van der Waals surface area (Å²) >= 11 is 0. The highest BCUT2D eigenvalue weighted by Gasteiger charge is 2.10. The van der Waals surface area contributed by atoms with Gasteiger partial charge in [-0.3, -0.25) is 4.79 Å². The number of aryl methyl sites for hydroxylation is 1. The van der Waals surface area contributed by atoms with Gasteiger partial charge in [0.25, 0.3) is 0 Å². The van der Waals surface area contributed by atoms with Crippen LogP contribution in [0.4, 0.5) is 0 Å². The van der Waals surface area contributed by atoms with Crippen molar-refractivity contribution >= 4 is 11.8 Å². The molecule has 1 N–H and O–H groups in total. The molecule has 76 valence electrons. The zero-order valence-electron chi connectivity index (χ0n) is 8.15. The molecular formula is C11H9NO3. The average molecular weight is 203 g/mol. The highest BCUT2D eigenvalue weighted by Crippen LogP contribution is 2.12. The minimum atomic E-state index is -1.02. The number of hydrogen-bond acceptors (Lipinski definition) is 3. The van der Waals surface area contributed by atoms with Crippen molar-refractivity contribution in [1.29, 1.82) is 5.26 Å². The zero-order chi connectivity index (χ0) is 11.4. The lowest BCUT2D eigenvalue weighted by atomic mass is 10.0. The molecule has 0 heterocycles. The van der Waals surface area contributed by atoms with Crippen LogP contribution in [0.3, 0.4) is 0 Å². The summed E-state index contributed by atoms with van der Waals surface area (Å²) in [6, 6.07) is 6.05. The lowest BCUT2D eigenvalue weighted by Crippen LogP contribution is -2.03. The van der Waals surface area contributed by atoms with Crippen molar-refractivity contribution < 1.29 is 14.7 Å². The molecule has 0 aliphatic heterocycles. The summed E-state index contributed by atoms with van der Waals surface area (Å²) in [6.07, 6.45) is -0.189. The van der Waals surface area contributed by atoms with E-state index in [-0.39, 0.29) is 17.8 Å². The van der Waals surface area contributed by atoms with Crippen LogP contribution in [0.5, 0.6) is 0 Å². The molecule has 0 amide bonds. The highest BCUT2D eigenvalue weighted by atomic mass is 16.4. The number of carboxylic acids is 1. The van der Waals surface area contributed by atoms with Gasteiger partial charge in [0.1, 0.15) is 0 Å². The first kappa shape index (κ1) is 10.9. The van der Waals surface area contributed by atoms with Crippen molar-refractivity contribution in [3.8, 4) is 6.07 Å². The Labute approximate surface area is 86.8 Å². The van der Waals surface area contributed by atoms with Crippen LogP contribution >= 0.6 is 0 Å². The summed E-state index contributed by atoms with van der Waals surface area (Å²) in [5.41, 5.74) is 1.06. The minimum Gasteiger partial charge on any atom is -0.478 e. The molecule has 0 radical (unpaired) electrons. The normalized spacial score (nSPS) is 9.33. The van der Waals surface area contributed by atoms with Crippen LogP contribution in [0.1, 0.15) is 32.7 Å².